The zero-order valence-corrected chi connectivity index (χ0v) is 11.9. The van der Waals surface area contributed by atoms with Crippen molar-refractivity contribution in [1.29, 1.82) is 0 Å². The van der Waals surface area contributed by atoms with Crippen LogP contribution in [0.2, 0.25) is 0 Å². The molecule has 102 valence electrons. The molecule has 1 aromatic rings. The van der Waals surface area contributed by atoms with Gasteiger partial charge in [-0.15, -0.1) is 0 Å². The number of unbranched alkanes of at least 4 members (excludes halogenated alkanes) is 3. The van der Waals surface area contributed by atoms with Crippen LogP contribution in [0.3, 0.4) is 0 Å². The van der Waals surface area contributed by atoms with Gasteiger partial charge in [-0.3, -0.25) is 0 Å². The summed E-state index contributed by atoms with van der Waals surface area (Å²) < 4.78 is 26.6. The van der Waals surface area contributed by atoms with Crippen molar-refractivity contribution in [3.8, 4) is 0 Å². The van der Waals surface area contributed by atoms with Crippen molar-refractivity contribution < 1.29 is 8.42 Å². The van der Waals surface area contributed by atoms with E-state index < -0.39 is 10.0 Å². The first-order valence-electron chi connectivity index (χ1n) is 6.33. The number of benzene rings is 1. The van der Waals surface area contributed by atoms with Crippen LogP contribution in [0.15, 0.2) is 23.1 Å². The predicted molar refractivity (Wildman–Crippen MR) is 74.9 cm³/mol. The molecule has 0 aliphatic carbocycles. The lowest BCUT2D eigenvalue weighted by molar-refractivity contribution is 0.574. The molecule has 0 amide bonds. The number of nitrogens with one attached hydrogen (secondary N) is 1. The highest BCUT2D eigenvalue weighted by Gasteiger charge is 2.16. The number of nitrogen functional groups attached to an aromatic ring is 1. The van der Waals surface area contributed by atoms with Crippen LogP contribution in [-0.4, -0.2) is 15.0 Å². The fourth-order valence-corrected chi connectivity index (χ4v) is 2.93. The van der Waals surface area contributed by atoms with E-state index in [-0.39, 0.29) is 4.90 Å². The van der Waals surface area contributed by atoms with Crippen LogP contribution in [0.5, 0.6) is 0 Å². The lowest BCUT2D eigenvalue weighted by Gasteiger charge is -2.09. The molecule has 3 N–H and O–H groups in total. The lowest BCUT2D eigenvalue weighted by Crippen LogP contribution is -2.25. The highest BCUT2D eigenvalue weighted by molar-refractivity contribution is 7.89. The minimum atomic E-state index is -3.47. The standard InChI is InChI=1S/C13H22N2O2S/c1-3-4-5-6-9-15-18(16,17)13-8-7-11(2)10-12(13)14/h7-8,10,15H,3-6,9,14H2,1-2H3. The van der Waals surface area contributed by atoms with E-state index in [0.717, 1.165) is 31.2 Å². The summed E-state index contributed by atoms with van der Waals surface area (Å²) in [5.74, 6) is 0. The molecule has 0 radical (unpaired) electrons. The van der Waals surface area contributed by atoms with Gasteiger partial charge in [-0.25, -0.2) is 13.1 Å². The average Bonchev–Trinajstić information content (AvgIpc) is 2.28. The third-order valence-corrected chi connectivity index (χ3v) is 4.31. The van der Waals surface area contributed by atoms with Gasteiger partial charge >= 0.3 is 0 Å². The molecule has 1 rings (SSSR count). The fourth-order valence-electron chi connectivity index (χ4n) is 1.75. The highest BCUT2D eigenvalue weighted by Crippen LogP contribution is 2.19. The van der Waals surface area contributed by atoms with E-state index in [9.17, 15) is 8.42 Å². The molecule has 18 heavy (non-hydrogen) atoms. The summed E-state index contributed by atoms with van der Waals surface area (Å²) in [7, 11) is -3.47. The van der Waals surface area contributed by atoms with E-state index in [0.29, 0.717) is 12.2 Å². The minimum absolute atomic E-state index is 0.170. The molecule has 0 fully saturated rings. The van der Waals surface area contributed by atoms with Gasteiger partial charge in [0, 0.05) is 6.54 Å². The predicted octanol–water partition coefficient (Wildman–Crippen LogP) is 2.44. The molecular formula is C13H22N2O2S. The molecule has 0 unspecified atom stereocenters. The molecule has 0 spiro atoms. The van der Waals surface area contributed by atoms with Crippen LogP contribution < -0.4 is 10.5 Å². The van der Waals surface area contributed by atoms with Crippen molar-refractivity contribution in [2.45, 2.75) is 44.4 Å². The number of hydrogen-bond acceptors (Lipinski definition) is 3. The summed E-state index contributed by atoms with van der Waals surface area (Å²) in [5, 5.41) is 0. The molecule has 1 aromatic carbocycles. The molecule has 0 aliphatic rings. The number of hydrogen-bond donors (Lipinski definition) is 2. The van der Waals surface area contributed by atoms with Crippen LogP contribution >= 0.6 is 0 Å². The molecule has 0 saturated heterocycles. The van der Waals surface area contributed by atoms with Crippen LogP contribution in [0.1, 0.15) is 38.2 Å². The van der Waals surface area contributed by atoms with E-state index in [1.807, 2.05) is 6.92 Å². The van der Waals surface area contributed by atoms with Crippen molar-refractivity contribution in [1.82, 2.24) is 4.72 Å². The number of anilines is 1. The van der Waals surface area contributed by atoms with Crippen LogP contribution in [0.4, 0.5) is 5.69 Å². The van der Waals surface area contributed by atoms with Gasteiger partial charge in [-0.1, -0.05) is 32.3 Å². The Morgan fingerprint density at radius 1 is 1.22 bits per heavy atom. The summed E-state index contributed by atoms with van der Waals surface area (Å²) in [6.07, 6.45) is 4.17. The van der Waals surface area contributed by atoms with Gasteiger partial charge in [0.25, 0.3) is 0 Å². The summed E-state index contributed by atoms with van der Waals surface area (Å²) in [6, 6.07) is 4.98. The van der Waals surface area contributed by atoms with Gasteiger partial charge < -0.3 is 5.73 Å². The minimum Gasteiger partial charge on any atom is -0.398 e. The Hall–Kier alpha value is -1.07. The molecule has 0 bridgehead atoms. The summed E-state index contributed by atoms with van der Waals surface area (Å²) in [6.45, 7) is 4.47. The maximum atomic E-state index is 12.0. The smallest absolute Gasteiger partial charge is 0.242 e. The normalized spacial score (nSPS) is 11.7. The molecule has 5 heteroatoms. The molecular weight excluding hydrogens is 248 g/mol. The largest absolute Gasteiger partial charge is 0.398 e. The molecule has 0 saturated carbocycles. The van der Waals surface area contributed by atoms with Crippen LogP contribution in [0, 0.1) is 6.92 Å². The molecule has 0 aliphatic heterocycles. The van der Waals surface area contributed by atoms with Gasteiger partial charge in [-0.05, 0) is 31.0 Å². The SMILES string of the molecule is CCCCCCNS(=O)(=O)c1ccc(C)cc1N. The van der Waals surface area contributed by atoms with Crippen LogP contribution in [0.25, 0.3) is 0 Å². The van der Waals surface area contributed by atoms with Crippen molar-refractivity contribution >= 4 is 15.7 Å². The first kappa shape index (κ1) is 15.0. The van der Waals surface area contributed by atoms with Gasteiger partial charge in [0.1, 0.15) is 4.90 Å². The third-order valence-electron chi connectivity index (χ3n) is 2.78. The Morgan fingerprint density at radius 3 is 2.56 bits per heavy atom. The van der Waals surface area contributed by atoms with Crippen molar-refractivity contribution in [3.63, 3.8) is 0 Å². The molecule has 0 heterocycles. The zero-order valence-electron chi connectivity index (χ0n) is 11.1. The summed E-state index contributed by atoms with van der Waals surface area (Å²) in [5.41, 5.74) is 7.00. The lowest BCUT2D eigenvalue weighted by atomic mass is 10.2. The second-order valence-corrected chi connectivity index (χ2v) is 6.24. The highest BCUT2D eigenvalue weighted by atomic mass is 32.2. The van der Waals surface area contributed by atoms with Gasteiger partial charge in [0.05, 0.1) is 5.69 Å². The van der Waals surface area contributed by atoms with E-state index in [2.05, 4.69) is 11.6 Å². The average molecular weight is 270 g/mol. The van der Waals surface area contributed by atoms with E-state index in [1.165, 1.54) is 0 Å². The molecule has 0 aromatic heterocycles. The Bertz CT molecular complexity index is 484. The van der Waals surface area contributed by atoms with Gasteiger partial charge in [-0.2, -0.15) is 0 Å². The second kappa shape index (κ2) is 6.75. The maximum absolute atomic E-state index is 12.0. The Kier molecular flexibility index (Phi) is 5.62. The first-order valence-corrected chi connectivity index (χ1v) is 7.81. The van der Waals surface area contributed by atoms with Crippen molar-refractivity contribution in [3.05, 3.63) is 23.8 Å². The van der Waals surface area contributed by atoms with Gasteiger partial charge in [0.15, 0.2) is 0 Å². The number of sulfonamides is 1. The van der Waals surface area contributed by atoms with Crippen molar-refractivity contribution in [2.75, 3.05) is 12.3 Å². The topological polar surface area (TPSA) is 72.2 Å². The number of rotatable bonds is 7. The quantitative estimate of drug-likeness (QED) is 0.590. The van der Waals surface area contributed by atoms with E-state index in [4.69, 9.17) is 5.73 Å². The second-order valence-electron chi connectivity index (χ2n) is 4.50. The molecule has 4 nitrogen and oxygen atoms in total. The Balaban J connectivity index is 2.63. The third kappa shape index (κ3) is 4.31. The van der Waals surface area contributed by atoms with Crippen LogP contribution in [-0.2, 0) is 10.0 Å². The molecule has 0 atom stereocenters. The fraction of sp³-hybridized carbons (Fsp3) is 0.538. The monoisotopic (exact) mass is 270 g/mol. The van der Waals surface area contributed by atoms with E-state index >= 15 is 0 Å². The Morgan fingerprint density at radius 2 is 1.94 bits per heavy atom. The van der Waals surface area contributed by atoms with Gasteiger partial charge in [0.2, 0.25) is 10.0 Å². The van der Waals surface area contributed by atoms with Crippen molar-refractivity contribution in [2.24, 2.45) is 0 Å². The zero-order chi connectivity index (χ0) is 13.6. The maximum Gasteiger partial charge on any atom is 0.242 e. The number of nitrogens with two attached hydrogens (primary N) is 1. The summed E-state index contributed by atoms with van der Waals surface area (Å²) in [4.78, 5) is 0.170. The first-order chi connectivity index (χ1) is 8.47. The Labute approximate surface area is 110 Å². The van der Waals surface area contributed by atoms with E-state index in [1.54, 1.807) is 18.2 Å². The summed E-state index contributed by atoms with van der Waals surface area (Å²) >= 11 is 0. The number of aryl methyl sites for hydroxylation is 1.